The summed E-state index contributed by atoms with van der Waals surface area (Å²) in [5.74, 6) is -0.507. The molecule has 1 aliphatic rings. The second-order valence-corrected chi connectivity index (χ2v) is 6.63. The van der Waals surface area contributed by atoms with Crippen LogP contribution in [0.3, 0.4) is 0 Å². The van der Waals surface area contributed by atoms with E-state index >= 15 is 0 Å². The number of halogens is 1. The summed E-state index contributed by atoms with van der Waals surface area (Å²) < 4.78 is 1.05. The Kier molecular flexibility index (Phi) is 3.19. The summed E-state index contributed by atoms with van der Waals surface area (Å²) in [5, 5.41) is 10.1. The van der Waals surface area contributed by atoms with E-state index in [2.05, 4.69) is 20.9 Å². The van der Waals surface area contributed by atoms with Crippen molar-refractivity contribution >= 4 is 33.2 Å². The van der Waals surface area contributed by atoms with Crippen LogP contribution in [0.25, 0.3) is 10.6 Å². The van der Waals surface area contributed by atoms with E-state index in [0.29, 0.717) is 10.8 Å². The summed E-state index contributed by atoms with van der Waals surface area (Å²) in [6.07, 6.45) is 2.12. The monoisotopic (exact) mass is 337 g/mol. The van der Waals surface area contributed by atoms with Gasteiger partial charge in [0.1, 0.15) is 9.88 Å². The maximum Gasteiger partial charge on any atom is 0.347 e. The molecule has 1 aliphatic carbocycles. The summed E-state index contributed by atoms with van der Waals surface area (Å²) in [6, 6.07) is 5.98. The smallest absolute Gasteiger partial charge is 0.347 e. The van der Waals surface area contributed by atoms with E-state index in [0.717, 1.165) is 39.1 Å². The SMILES string of the molecule is Cc1cc(-c2nc(C3CC3)c(C(=O)O)s2)ccc1Br. The van der Waals surface area contributed by atoms with E-state index in [-0.39, 0.29) is 0 Å². The van der Waals surface area contributed by atoms with Gasteiger partial charge in [0.15, 0.2) is 0 Å². The Morgan fingerprint density at radius 1 is 1.47 bits per heavy atom. The van der Waals surface area contributed by atoms with Gasteiger partial charge in [-0.1, -0.05) is 22.0 Å². The maximum atomic E-state index is 11.3. The van der Waals surface area contributed by atoms with Crippen molar-refractivity contribution in [2.75, 3.05) is 0 Å². The molecule has 3 nitrogen and oxygen atoms in total. The molecule has 0 atom stereocenters. The largest absolute Gasteiger partial charge is 0.477 e. The standard InChI is InChI=1S/C14H12BrNO2S/c1-7-6-9(4-5-10(7)15)13-16-11(8-2-3-8)12(19-13)14(17)18/h4-6,8H,2-3H2,1H3,(H,17,18). The minimum absolute atomic E-state index is 0.354. The van der Waals surface area contributed by atoms with Gasteiger partial charge in [0.05, 0.1) is 5.69 Å². The fourth-order valence-corrected chi connectivity index (χ4v) is 3.25. The Morgan fingerprint density at radius 3 is 2.79 bits per heavy atom. The highest BCUT2D eigenvalue weighted by atomic mass is 79.9. The third-order valence-electron chi connectivity index (χ3n) is 3.22. The van der Waals surface area contributed by atoms with Gasteiger partial charge in [-0.05, 0) is 37.5 Å². The van der Waals surface area contributed by atoms with Gasteiger partial charge >= 0.3 is 5.97 Å². The van der Waals surface area contributed by atoms with Crippen molar-refractivity contribution in [1.29, 1.82) is 0 Å². The number of hydrogen-bond acceptors (Lipinski definition) is 3. The lowest BCUT2D eigenvalue weighted by atomic mass is 10.1. The quantitative estimate of drug-likeness (QED) is 0.899. The number of benzene rings is 1. The predicted molar refractivity (Wildman–Crippen MR) is 78.9 cm³/mol. The topological polar surface area (TPSA) is 50.2 Å². The van der Waals surface area contributed by atoms with Gasteiger partial charge < -0.3 is 5.11 Å². The molecule has 1 heterocycles. The molecule has 98 valence electrons. The van der Waals surface area contributed by atoms with Crippen LogP contribution in [0.1, 0.15) is 39.7 Å². The third-order valence-corrected chi connectivity index (χ3v) is 5.21. The van der Waals surface area contributed by atoms with Crippen LogP contribution >= 0.6 is 27.3 Å². The highest BCUT2D eigenvalue weighted by molar-refractivity contribution is 9.10. The fraction of sp³-hybridized carbons (Fsp3) is 0.286. The average molecular weight is 338 g/mol. The molecular weight excluding hydrogens is 326 g/mol. The first-order valence-electron chi connectivity index (χ1n) is 6.07. The van der Waals surface area contributed by atoms with Crippen molar-refractivity contribution in [2.24, 2.45) is 0 Å². The van der Waals surface area contributed by atoms with E-state index in [1.54, 1.807) is 0 Å². The molecule has 2 aromatic rings. The first-order chi connectivity index (χ1) is 9.06. The number of carboxylic acid groups (broad SMARTS) is 1. The lowest BCUT2D eigenvalue weighted by molar-refractivity contribution is 0.0700. The first-order valence-corrected chi connectivity index (χ1v) is 7.67. The number of hydrogen-bond donors (Lipinski definition) is 1. The number of aromatic carboxylic acids is 1. The lowest BCUT2D eigenvalue weighted by Gasteiger charge is -2.00. The van der Waals surface area contributed by atoms with Crippen LogP contribution in [-0.2, 0) is 0 Å². The number of thiazole rings is 1. The highest BCUT2D eigenvalue weighted by Gasteiger charge is 2.32. The minimum Gasteiger partial charge on any atom is -0.477 e. The van der Waals surface area contributed by atoms with E-state index in [9.17, 15) is 9.90 Å². The highest BCUT2D eigenvalue weighted by Crippen LogP contribution is 2.44. The van der Waals surface area contributed by atoms with Gasteiger partial charge in [-0.15, -0.1) is 11.3 Å². The van der Waals surface area contributed by atoms with E-state index < -0.39 is 5.97 Å². The van der Waals surface area contributed by atoms with Gasteiger partial charge in [0, 0.05) is 16.0 Å². The van der Waals surface area contributed by atoms with Crippen molar-refractivity contribution < 1.29 is 9.90 Å². The second kappa shape index (κ2) is 4.72. The number of carbonyl (C=O) groups is 1. The molecule has 3 rings (SSSR count). The van der Waals surface area contributed by atoms with Gasteiger partial charge in [-0.25, -0.2) is 9.78 Å². The van der Waals surface area contributed by atoms with Crippen LogP contribution in [0.5, 0.6) is 0 Å². The summed E-state index contributed by atoms with van der Waals surface area (Å²) in [7, 11) is 0. The molecule has 5 heteroatoms. The van der Waals surface area contributed by atoms with Crippen LogP contribution in [0.15, 0.2) is 22.7 Å². The van der Waals surface area contributed by atoms with Crippen molar-refractivity contribution in [3.63, 3.8) is 0 Å². The number of aromatic nitrogens is 1. The Labute approximate surface area is 123 Å². The summed E-state index contributed by atoms with van der Waals surface area (Å²) in [5.41, 5.74) is 2.88. The normalized spacial score (nSPS) is 14.6. The Bertz CT molecular complexity index is 661. The van der Waals surface area contributed by atoms with Crippen molar-refractivity contribution in [3.05, 3.63) is 38.8 Å². The zero-order valence-corrected chi connectivity index (χ0v) is 12.7. The number of nitrogens with zero attached hydrogens (tertiary/aromatic N) is 1. The number of aryl methyl sites for hydroxylation is 1. The van der Waals surface area contributed by atoms with Crippen molar-refractivity contribution in [3.8, 4) is 10.6 Å². The molecule has 0 unspecified atom stereocenters. The Balaban J connectivity index is 2.07. The lowest BCUT2D eigenvalue weighted by Crippen LogP contribution is -1.97. The molecule has 1 N–H and O–H groups in total. The maximum absolute atomic E-state index is 11.3. The van der Waals surface area contributed by atoms with Crippen LogP contribution in [-0.4, -0.2) is 16.1 Å². The molecule has 1 aromatic carbocycles. The summed E-state index contributed by atoms with van der Waals surface area (Å²) in [4.78, 5) is 16.2. The number of rotatable bonds is 3. The summed E-state index contributed by atoms with van der Waals surface area (Å²) >= 11 is 4.74. The number of carboxylic acids is 1. The van der Waals surface area contributed by atoms with Gasteiger partial charge in [0.2, 0.25) is 0 Å². The van der Waals surface area contributed by atoms with Gasteiger partial charge in [-0.3, -0.25) is 0 Å². The Morgan fingerprint density at radius 2 is 2.21 bits per heavy atom. The van der Waals surface area contributed by atoms with Crippen LogP contribution < -0.4 is 0 Å². The molecule has 0 saturated heterocycles. The predicted octanol–water partition coefficient (Wildman–Crippen LogP) is 4.46. The molecule has 0 bridgehead atoms. The zero-order valence-electron chi connectivity index (χ0n) is 10.3. The molecule has 1 fully saturated rings. The molecule has 1 saturated carbocycles. The molecule has 19 heavy (non-hydrogen) atoms. The van der Waals surface area contributed by atoms with E-state index in [1.165, 1.54) is 11.3 Å². The zero-order chi connectivity index (χ0) is 13.6. The van der Waals surface area contributed by atoms with Crippen molar-refractivity contribution in [2.45, 2.75) is 25.7 Å². The van der Waals surface area contributed by atoms with Crippen molar-refractivity contribution in [1.82, 2.24) is 4.98 Å². The molecular formula is C14H12BrNO2S. The van der Waals surface area contributed by atoms with E-state index in [4.69, 9.17) is 0 Å². The Hall–Kier alpha value is -1.20. The second-order valence-electron chi connectivity index (χ2n) is 4.78. The summed E-state index contributed by atoms with van der Waals surface area (Å²) in [6.45, 7) is 2.01. The fourth-order valence-electron chi connectivity index (χ4n) is 2.02. The molecule has 0 amide bonds. The average Bonchev–Trinajstić information content (AvgIpc) is 3.11. The third kappa shape index (κ3) is 2.44. The molecule has 0 radical (unpaired) electrons. The minimum atomic E-state index is -0.862. The van der Waals surface area contributed by atoms with Gasteiger partial charge in [0.25, 0.3) is 0 Å². The first kappa shape index (κ1) is 12.8. The van der Waals surface area contributed by atoms with Crippen LogP contribution in [0, 0.1) is 6.92 Å². The van der Waals surface area contributed by atoms with Crippen LogP contribution in [0.4, 0.5) is 0 Å². The molecule has 0 aliphatic heterocycles. The van der Waals surface area contributed by atoms with E-state index in [1.807, 2.05) is 25.1 Å². The van der Waals surface area contributed by atoms with Crippen LogP contribution in [0.2, 0.25) is 0 Å². The molecule has 0 spiro atoms. The molecule has 1 aromatic heterocycles. The van der Waals surface area contributed by atoms with Gasteiger partial charge in [-0.2, -0.15) is 0 Å².